The molecule has 0 atom stereocenters. The maximum absolute atomic E-state index is 10.9. The molecule has 0 aliphatic carbocycles. The van der Waals surface area contributed by atoms with Gasteiger partial charge in [-0.2, -0.15) is 0 Å². The fourth-order valence-electron chi connectivity index (χ4n) is 2.05. The Morgan fingerprint density at radius 2 is 1.68 bits per heavy atom. The molecular formula is C16H26N2O. The largest absolute Gasteiger partial charge is 0.366 e. The van der Waals surface area contributed by atoms with E-state index in [0.29, 0.717) is 5.56 Å². The Hall–Kier alpha value is -1.35. The average Bonchev–Trinajstić information content (AvgIpc) is 2.42. The summed E-state index contributed by atoms with van der Waals surface area (Å²) < 4.78 is 0. The van der Waals surface area contributed by atoms with Gasteiger partial charge in [0.2, 0.25) is 5.91 Å². The number of hydrogen-bond donors (Lipinski definition) is 2. The van der Waals surface area contributed by atoms with Gasteiger partial charge in [0.25, 0.3) is 0 Å². The molecule has 19 heavy (non-hydrogen) atoms. The number of carbonyl (C=O) groups excluding carboxylic acids is 1. The van der Waals surface area contributed by atoms with Gasteiger partial charge in [0.1, 0.15) is 0 Å². The topological polar surface area (TPSA) is 55.1 Å². The summed E-state index contributed by atoms with van der Waals surface area (Å²) in [6.45, 7) is 4.16. The molecule has 1 aromatic rings. The number of benzene rings is 1. The molecule has 0 fully saturated rings. The zero-order chi connectivity index (χ0) is 13.9. The molecule has 0 aliphatic rings. The van der Waals surface area contributed by atoms with Crippen LogP contribution in [0.5, 0.6) is 0 Å². The van der Waals surface area contributed by atoms with Crippen LogP contribution in [0.25, 0.3) is 0 Å². The molecule has 0 spiro atoms. The van der Waals surface area contributed by atoms with Crippen molar-refractivity contribution in [3.05, 3.63) is 35.4 Å². The first-order valence-electron chi connectivity index (χ1n) is 7.33. The average molecular weight is 262 g/mol. The maximum Gasteiger partial charge on any atom is 0.248 e. The van der Waals surface area contributed by atoms with Crippen molar-refractivity contribution in [2.75, 3.05) is 6.54 Å². The van der Waals surface area contributed by atoms with E-state index in [-0.39, 0.29) is 5.91 Å². The Kier molecular flexibility index (Phi) is 7.91. The first kappa shape index (κ1) is 15.7. The summed E-state index contributed by atoms with van der Waals surface area (Å²) in [5, 5.41) is 3.43. The molecular weight excluding hydrogens is 236 g/mol. The van der Waals surface area contributed by atoms with Gasteiger partial charge in [-0.15, -0.1) is 0 Å². The number of nitrogens with one attached hydrogen (secondary N) is 1. The molecule has 0 aliphatic heterocycles. The number of nitrogens with two attached hydrogens (primary N) is 1. The zero-order valence-electron chi connectivity index (χ0n) is 12.0. The van der Waals surface area contributed by atoms with Crippen LogP contribution < -0.4 is 11.1 Å². The van der Waals surface area contributed by atoms with Crippen LogP contribution in [0.15, 0.2) is 24.3 Å². The highest BCUT2D eigenvalue weighted by atomic mass is 16.1. The Bertz CT molecular complexity index is 360. The summed E-state index contributed by atoms with van der Waals surface area (Å²) in [5.74, 6) is -0.369. The highest BCUT2D eigenvalue weighted by molar-refractivity contribution is 5.92. The van der Waals surface area contributed by atoms with Gasteiger partial charge in [0.05, 0.1) is 0 Å². The second-order valence-electron chi connectivity index (χ2n) is 5.01. The predicted octanol–water partition coefficient (Wildman–Crippen LogP) is 3.24. The fourth-order valence-corrected chi connectivity index (χ4v) is 2.05. The van der Waals surface area contributed by atoms with E-state index in [0.717, 1.165) is 13.1 Å². The minimum atomic E-state index is -0.369. The third kappa shape index (κ3) is 6.97. The Labute approximate surface area is 116 Å². The lowest BCUT2D eigenvalue weighted by Crippen LogP contribution is -2.15. The second-order valence-corrected chi connectivity index (χ2v) is 5.01. The van der Waals surface area contributed by atoms with Gasteiger partial charge in [-0.1, -0.05) is 51.2 Å². The monoisotopic (exact) mass is 262 g/mol. The molecule has 0 bridgehead atoms. The van der Waals surface area contributed by atoms with E-state index in [2.05, 4.69) is 12.2 Å². The van der Waals surface area contributed by atoms with E-state index in [1.807, 2.05) is 12.1 Å². The molecule has 1 aromatic carbocycles. The Morgan fingerprint density at radius 1 is 1.05 bits per heavy atom. The van der Waals surface area contributed by atoms with Gasteiger partial charge in [0, 0.05) is 12.1 Å². The van der Waals surface area contributed by atoms with Crippen LogP contribution in [0.4, 0.5) is 0 Å². The highest BCUT2D eigenvalue weighted by Crippen LogP contribution is 2.05. The smallest absolute Gasteiger partial charge is 0.248 e. The molecule has 3 nitrogen and oxygen atoms in total. The van der Waals surface area contributed by atoms with Crippen molar-refractivity contribution < 1.29 is 4.79 Å². The minimum Gasteiger partial charge on any atom is -0.366 e. The summed E-state index contributed by atoms with van der Waals surface area (Å²) in [6.07, 6.45) is 7.93. The summed E-state index contributed by atoms with van der Waals surface area (Å²) in [4.78, 5) is 10.9. The van der Waals surface area contributed by atoms with Crippen LogP contribution in [-0.2, 0) is 6.54 Å². The van der Waals surface area contributed by atoms with Crippen LogP contribution in [0.2, 0.25) is 0 Å². The van der Waals surface area contributed by atoms with Gasteiger partial charge >= 0.3 is 0 Å². The van der Waals surface area contributed by atoms with Gasteiger partial charge < -0.3 is 11.1 Å². The summed E-state index contributed by atoms with van der Waals surface area (Å²) >= 11 is 0. The van der Waals surface area contributed by atoms with Crippen molar-refractivity contribution in [2.24, 2.45) is 5.73 Å². The standard InChI is InChI=1S/C16H26N2O/c1-2-3-4-5-6-7-12-18-13-14-8-10-15(11-9-14)16(17)19/h8-11,18H,2-7,12-13H2,1H3,(H2,17,19). The van der Waals surface area contributed by atoms with Crippen LogP contribution in [-0.4, -0.2) is 12.5 Å². The van der Waals surface area contributed by atoms with Crippen LogP contribution in [0, 0.1) is 0 Å². The van der Waals surface area contributed by atoms with E-state index in [1.54, 1.807) is 12.1 Å². The quantitative estimate of drug-likeness (QED) is 0.636. The molecule has 0 saturated heterocycles. The molecule has 1 amide bonds. The van der Waals surface area contributed by atoms with Crippen LogP contribution in [0.1, 0.15) is 61.4 Å². The van der Waals surface area contributed by atoms with E-state index >= 15 is 0 Å². The van der Waals surface area contributed by atoms with Crippen LogP contribution >= 0.6 is 0 Å². The fraction of sp³-hybridized carbons (Fsp3) is 0.562. The number of amides is 1. The molecule has 1 rings (SSSR count). The van der Waals surface area contributed by atoms with Crippen molar-refractivity contribution >= 4 is 5.91 Å². The van der Waals surface area contributed by atoms with E-state index in [9.17, 15) is 4.79 Å². The zero-order valence-corrected chi connectivity index (χ0v) is 12.0. The number of hydrogen-bond acceptors (Lipinski definition) is 2. The third-order valence-corrected chi connectivity index (χ3v) is 3.27. The molecule has 0 saturated carbocycles. The minimum absolute atomic E-state index is 0.369. The number of primary amides is 1. The van der Waals surface area contributed by atoms with E-state index < -0.39 is 0 Å². The summed E-state index contributed by atoms with van der Waals surface area (Å²) in [7, 11) is 0. The Morgan fingerprint density at radius 3 is 2.32 bits per heavy atom. The van der Waals surface area contributed by atoms with Gasteiger partial charge in [0.15, 0.2) is 0 Å². The van der Waals surface area contributed by atoms with Gasteiger partial charge in [-0.25, -0.2) is 0 Å². The summed E-state index contributed by atoms with van der Waals surface area (Å²) in [6, 6.07) is 7.47. The van der Waals surface area contributed by atoms with Crippen molar-refractivity contribution in [1.29, 1.82) is 0 Å². The molecule has 3 N–H and O–H groups in total. The molecule has 0 unspecified atom stereocenters. The SMILES string of the molecule is CCCCCCCCNCc1ccc(C(N)=O)cc1. The van der Waals surface area contributed by atoms with E-state index in [4.69, 9.17) is 5.73 Å². The van der Waals surface area contributed by atoms with Crippen molar-refractivity contribution in [3.63, 3.8) is 0 Å². The molecule has 0 heterocycles. The first-order chi connectivity index (χ1) is 9.24. The lowest BCUT2D eigenvalue weighted by atomic mass is 10.1. The van der Waals surface area contributed by atoms with Gasteiger partial charge in [-0.05, 0) is 30.7 Å². The van der Waals surface area contributed by atoms with Crippen molar-refractivity contribution in [1.82, 2.24) is 5.32 Å². The lowest BCUT2D eigenvalue weighted by molar-refractivity contribution is 0.100. The van der Waals surface area contributed by atoms with Crippen molar-refractivity contribution in [3.8, 4) is 0 Å². The molecule has 3 heteroatoms. The second kappa shape index (κ2) is 9.56. The summed E-state index contributed by atoms with van der Waals surface area (Å²) in [5.41, 5.74) is 6.96. The predicted molar refractivity (Wildman–Crippen MR) is 80.0 cm³/mol. The number of unbranched alkanes of at least 4 members (excludes halogenated alkanes) is 5. The maximum atomic E-state index is 10.9. The van der Waals surface area contributed by atoms with Gasteiger partial charge in [-0.3, -0.25) is 4.79 Å². The van der Waals surface area contributed by atoms with Crippen molar-refractivity contribution in [2.45, 2.75) is 52.0 Å². The third-order valence-electron chi connectivity index (χ3n) is 3.27. The number of rotatable bonds is 10. The molecule has 0 aromatic heterocycles. The molecule has 0 radical (unpaired) electrons. The molecule has 106 valence electrons. The first-order valence-corrected chi connectivity index (χ1v) is 7.33. The lowest BCUT2D eigenvalue weighted by Gasteiger charge is -2.05. The van der Waals surface area contributed by atoms with Crippen LogP contribution in [0.3, 0.4) is 0 Å². The highest BCUT2D eigenvalue weighted by Gasteiger charge is 1.99. The normalized spacial score (nSPS) is 10.6. The Balaban J connectivity index is 2.07. The number of carbonyl (C=O) groups is 1. The van der Waals surface area contributed by atoms with E-state index in [1.165, 1.54) is 44.1 Å².